The van der Waals surface area contributed by atoms with E-state index in [0.717, 1.165) is 25.0 Å². The molecule has 0 aromatic heterocycles. The third-order valence-electron chi connectivity index (χ3n) is 2.99. The van der Waals surface area contributed by atoms with Crippen LogP contribution in [0.4, 0.5) is 18.9 Å². The van der Waals surface area contributed by atoms with Crippen LogP contribution in [-0.4, -0.2) is 43.4 Å². The maximum atomic E-state index is 13.4. The minimum Gasteiger partial charge on any atom is -0.355 e. The lowest BCUT2D eigenvalue weighted by Crippen LogP contribution is -2.39. The summed E-state index contributed by atoms with van der Waals surface area (Å²) < 4.78 is 39.3. The maximum absolute atomic E-state index is 13.4. The van der Waals surface area contributed by atoms with Gasteiger partial charge in [-0.05, 0) is 25.6 Å². The monoisotopic (exact) mass is 331 g/mol. The predicted molar refractivity (Wildman–Crippen MR) is 80.4 cm³/mol. The summed E-state index contributed by atoms with van der Waals surface area (Å²) in [5.74, 6) is -5.31. The first kappa shape index (κ1) is 19.0. The van der Waals surface area contributed by atoms with Crippen molar-refractivity contribution >= 4 is 17.5 Å². The standard InChI is InChI=1S/C15H20F3N3O2/c1-3-4-7-19-12(22)8-21(2)9-13(23)20-11-6-5-10(16)14(17)15(11)18/h5-6H,3-4,7-9H2,1-2H3,(H,19,22)(H,20,23). The number of likely N-dealkylation sites (N-methyl/N-ethyl adjacent to an activating group) is 1. The Morgan fingerprint density at radius 1 is 1.09 bits per heavy atom. The number of unbranched alkanes of at least 4 members (excludes halogenated alkanes) is 1. The van der Waals surface area contributed by atoms with Gasteiger partial charge in [0.1, 0.15) is 0 Å². The normalized spacial score (nSPS) is 10.7. The molecule has 23 heavy (non-hydrogen) atoms. The Morgan fingerprint density at radius 3 is 2.39 bits per heavy atom. The van der Waals surface area contributed by atoms with E-state index in [0.29, 0.717) is 6.54 Å². The van der Waals surface area contributed by atoms with Crippen LogP contribution in [-0.2, 0) is 9.59 Å². The highest BCUT2D eigenvalue weighted by Gasteiger charge is 2.16. The van der Waals surface area contributed by atoms with Crippen LogP contribution >= 0.6 is 0 Å². The third kappa shape index (κ3) is 6.27. The largest absolute Gasteiger partial charge is 0.355 e. The van der Waals surface area contributed by atoms with Gasteiger partial charge in [-0.25, -0.2) is 13.2 Å². The fourth-order valence-electron chi connectivity index (χ4n) is 1.82. The zero-order valence-electron chi connectivity index (χ0n) is 13.1. The molecule has 0 unspecified atom stereocenters. The fraction of sp³-hybridized carbons (Fsp3) is 0.467. The van der Waals surface area contributed by atoms with Crippen LogP contribution in [0, 0.1) is 17.5 Å². The Morgan fingerprint density at radius 2 is 1.74 bits per heavy atom. The molecule has 128 valence electrons. The van der Waals surface area contributed by atoms with Crippen molar-refractivity contribution in [1.82, 2.24) is 10.2 Å². The van der Waals surface area contributed by atoms with Crippen LogP contribution in [0.5, 0.6) is 0 Å². The molecule has 0 heterocycles. The minimum absolute atomic E-state index is 0.00258. The Labute approximate surface area is 132 Å². The first-order valence-corrected chi connectivity index (χ1v) is 7.23. The van der Waals surface area contributed by atoms with Crippen LogP contribution in [0.15, 0.2) is 12.1 Å². The van der Waals surface area contributed by atoms with Crippen molar-refractivity contribution in [1.29, 1.82) is 0 Å². The molecule has 0 spiro atoms. The van der Waals surface area contributed by atoms with Crippen molar-refractivity contribution in [2.45, 2.75) is 19.8 Å². The summed E-state index contributed by atoms with van der Waals surface area (Å²) in [5.41, 5.74) is -0.449. The van der Waals surface area contributed by atoms with Gasteiger partial charge >= 0.3 is 0 Å². The maximum Gasteiger partial charge on any atom is 0.238 e. The van der Waals surface area contributed by atoms with Gasteiger partial charge in [0, 0.05) is 6.54 Å². The fourth-order valence-corrected chi connectivity index (χ4v) is 1.82. The summed E-state index contributed by atoms with van der Waals surface area (Å²) in [5, 5.41) is 4.84. The number of amides is 2. The van der Waals surface area contributed by atoms with E-state index in [1.165, 1.54) is 4.90 Å². The molecular formula is C15H20F3N3O2. The highest BCUT2D eigenvalue weighted by Crippen LogP contribution is 2.19. The molecule has 2 N–H and O–H groups in total. The molecule has 5 nitrogen and oxygen atoms in total. The summed E-state index contributed by atoms with van der Waals surface area (Å²) in [6, 6.07) is 1.65. The number of carbonyl (C=O) groups is 2. The number of benzene rings is 1. The zero-order valence-corrected chi connectivity index (χ0v) is 13.1. The van der Waals surface area contributed by atoms with Crippen molar-refractivity contribution in [2.75, 3.05) is 32.0 Å². The topological polar surface area (TPSA) is 61.4 Å². The molecule has 1 aromatic carbocycles. The summed E-state index contributed by atoms with van der Waals surface area (Å²) in [7, 11) is 1.54. The van der Waals surface area contributed by atoms with E-state index in [4.69, 9.17) is 0 Å². The molecule has 0 saturated carbocycles. The summed E-state index contributed by atoms with van der Waals surface area (Å²) in [6.07, 6.45) is 1.82. The van der Waals surface area contributed by atoms with E-state index in [1.807, 2.05) is 6.92 Å². The predicted octanol–water partition coefficient (Wildman–Crippen LogP) is 1.89. The van der Waals surface area contributed by atoms with Crippen molar-refractivity contribution in [2.24, 2.45) is 0 Å². The SMILES string of the molecule is CCCCNC(=O)CN(C)CC(=O)Nc1ccc(F)c(F)c1F. The molecular weight excluding hydrogens is 311 g/mol. The second-order valence-corrected chi connectivity index (χ2v) is 5.15. The second-order valence-electron chi connectivity index (χ2n) is 5.15. The molecule has 0 aliphatic carbocycles. The lowest BCUT2D eigenvalue weighted by molar-refractivity contribution is -0.122. The van der Waals surface area contributed by atoms with Crippen LogP contribution in [0.2, 0.25) is 0 Å². The van der Waals surface area contributed by atoms with Gasteiger partial charge in [-0.1, -0.05) is 13.3 Å². The smallest absolute Gasteiger partial charge is 0.238 e. The number of halogens is 3. The van der Waals surface area contributed by atoms with E-state index < -0.39 is 29.0 Å². The molecule has 1 rings (SSSR count). The number of nitrogens with zero attached hydrogens (tertiary/aromatic N) is 1. The number of hydrogen-bond donors (Lipinski definition) is 2. The first-order valence-electron chi connectivity index (χ1n) is 7.23. The van der Waals surface area contributed by atoms with Crippen molar-refractivity contribution in [3.8, 4) is 0 Å². The minimum atomic E-state index is -1.65. The Hall–Kier alpha value is -2.09. The summed E-state index contributed by atoms with van der Waals surface area (Å²) in [4.78, 5) is 24.7. The van der Waals surface area contributed by atoms with Crippen LogP contribution < -0.4 is 10.6 Å². The number of rotatable bonds is 8. The lowest BCUT2D eigenvalue weighted by Gasteiger charge is -2.16. The Bertz CT molecular complexity index is 567. The van der Waals surface area contributed by atoms with Crippen LogP contribution in [0.3, 0.4) is 0 Å². The molecule has 2 amide bonds. The van der Waals surface area contributed by atoms with Gasteiger partial charge in [0.05, 0.1) is 18.8 Å². The van der Waals surface area contributed by atoms with E-state index in [2.05, 4.69) is 10.6 Å². The van der Waals surface area contributed by atoms with Gasteiger partial charge in [0.15, 0.2) is 17.5 Å². The summed E-state index contributed by atoms with van der Waals surface area (Å²) >= 11 is 0. The van der Waals surface area contributed by atoms with Crippen molar-refractivity contribution < 1.29 is 22.8 Å². The second kappa shape index (κ2) is 9.14. The molecule has 0 atom stereocenters. The van der Waals surface area contributed by atoms with Crippen LogP contribution in [0.1, 0.15) is 19.8 Å². The van der Waals surface area contributed by atoms with Gasteiger partial charge in [-0.15, -0.1) is 0 Å². The average molecular weight is 331 g/mol. The third-order valence-corrected chi connectivity index (χ3v) is 2.99. The molecule has 0 aliphatic heterocycles. The van der Waals surface area contributed by atoms with Gasteiger partial charge < -0.3 is 10.6 Å². The molecule has 0 bridgehead atoms. The zero-order chi connectivity index (χ0) is 17.4. The van der Waals surface area contributed by atoms with Gasteiger partial charge in [0.25, 0.3) is 0 Å². The number of anilines is 1. The highest BCUT2D eigenvalue weighted by molar-refractivity contribution is 5.92. The molecule has 0 radical (unpaired) electrons. The van der Waals surface area contributed by atoms with Crippen LogP contribution in [0.25, 0.3) is 0 Å². The number of carbonyl (C=O) groups excluding carboxylic acids is 2. The summed E-state index contributed by atoms with van der Waals surface area (Å²) in [6.45, 7) is 2.37. The van der Waals surface area contributed by atoms with E-state index in [9.17, 15) is 22.8 Å². The number of hydrogen-bond acceptors (Lipinski definition) is 3. The Balaban J connectivity index is 2.47. The van der Waals surface area contributed by atoms with E-state index in [-0.39, 0.29) is 19.0 Å². The molecule has 8 heteroatoms. The van der Waals surface area contributed by atoms with Gasteiger partial charge in [-0.2, -0.15) is 0 Å². The Kier molecular flexibility index (Phi) is 7.53. The van der Waals surface area contributed by atoms with E-state index >= 15 is 0 Å². The average Bonchev–Trinajstić information content (AvgIpc) is 2.48. The van der Waals surface area contributed by atoms with E-state index in [1.54, 1.807) is 7.05 Å². The van der Waals surface area contributed by atoms with Crippen molar-refractivity contribution in [3.63, 3.8) is 0 Å². The molecule has 0 fully saturated rings. The number of nitrogens with one attached hydrogen (secondary N) is 2. The molecule has 1 aromatic rings. The van der Waals surface area contributed by atoms with Gasteiger partial charge in [-0.3, -0.25) is 14.5 Å². The van der Waals surface area contributed by atoms with Gasteiger partial charge in [0.2, 0.25) is 11.8 Å². The lowest BCUT2D eigenvalue weighted by atomic mass is 10.2. The van der Waals surface area contributed by atoms with Crippen molar-refractivity contribution in [3.05, 3.63) is 29.6 Å². The highest BCUT2D eigenvalue weighted by atomic mass is 19.2. The molecule has 0 saturated heterocycles. The quantitative estimate of drug-likeness (QED) is 0.565. The first-order chi connectivity index (χ1) is 10.8. The molecule has 0 aliphatic rings.